The predicted molar refractivity (Wildman–Crippen MR) is 68.1 cm³/mol. The molecule has 2 aromatic rings. The van der Waals surface area contributed by atoms with Gasteiger partial charge in [0.1, 0.15) is 22.8 Å². The fraction of sp³-hybridized carbons (Fsp3) is 0. The highest BCUT2D eigenvalue weighted by molar-refractivity contribution is 5.95. The molecular weight excluding hydrogens is 264 g/mol. The molecule has 0 bridgehead atoms. The number of aromatic carboxylic acids is 1. The lowest BCUT2D eigenvalue weighted by Crippen LogP contribution is -2.11. The molecule has 0 unspecified atom stereocenters. The number of phenolic OH excluding ortho intramolecular Hbond substituents is 2. The summed E-state index contributed by atoms with van der Waals surface area (Å²) in [7, 11) is 0. The summed E-state index contributed by atoms with van der Waals surface area (Å²) in [6, 6.07) is 8.92. The minimum atomic E-state index is -1.23. The van der Waals surface area contributed by atoms with E-state index in [1.165, 1.54) is 24.3 Å². The summed E-state index contributed by atoms with van der Waals surface area (Å²) in [4.78, 5) is 22.8. The van der Waals surface area contributed by atoms with Crippen LogP contribution in [0.4, 0.5) is 0 Å². The van der Waals surface area contributed by atoms with Crippen LogP contribution in [0.15, 0.2) is 42.5 Å². The Labute approximate surface area is 113 Å². The summed E-state index contributed by atoms with van der Waals surface area (Å²) in [5, 5.41) is 27.5. The molecule has 0 spiro atoms. The van der Waals surface area contributed by atoms with Gasteiger partial charge in [0.25, 0.3) is 0 Å². The molecule has 0 aromatic heterocycles. The largest absolute Gasteiger partial charge is 0.508 e. The number of rotatable bonds is 3. The van der Waals surface area contributed by atoms with Gasteiger partial charge in [-0.3, -0.25) is 0 Å². The standard InChI is InChI=1S/C14H10O6/c15-9-5-8(6-10(16)7-9)14(19)20-12-4-2-1-3-11(12)13(17)18/h1-7,15-16H,(H,17,18). The lowest BCUT2D eigenvalue weighted by Gasteiger charge is -2.07. The first-order valence-electron chi connectivity index (χ1n) is 5.55. The van der Waals surface area contributed by atoms with Gasteiger partial charge >= 0.3 is 11.9 Å². The van der Waals surface area contributed by atoms with E-state index in [4.69, 9.17) is 9.84 Å². The van der Waals surface area contributed by atoms with Gasteiger partial charge in [-0.25, -0.2) is 9.59 Å². The fourth-order valence-electron chi connectivity index (χ4n) is 1.60. The number of carbonyl (C=O) groups excluding carboxylic acids is 1. The van der Waals surface area contributed by atoms with Crippen LogP contribution >= 0.6 is 0 Å². The van der Waals surface area contributed by atoms with Crippen LogP contribution in [0.3, 0.4) is 0 Å². The third kappa shape index (κ3) is 2.86. The zero-order valence-electron chi connectivity index (χ0n) is 10.1. The SMILES string of the molecule is O=C(Oc1ccccc1C(=O)O)c1cc(O)cc(O)c1. The van der Waals surface area contributed by atoms with E-state index in [0.29, 0.717) is 0 Å². The van der Waals surface area contributed by atoms with Crippen LogP contribution in [0.1, 0.15) is 20.7 Å². The number of hydrogen-bond acceptors (Lipinski definition) is 5. The minimum Gasteiger partial charge on any atom is -0.508 e. The zero-order chi connectivity index (χ0) is 14.7. The van der Waals surface area contributed by atoms with Crippen LogP contribution in [-0.4, -0.2) is 27.3 Å². The van der Waals surface area contributed by atoms with Crippen molar-refractivity contribution in [3.8, 4) is 17.2 Å². The fourth-order valence-corrected chi connectivity index (χ4v) is 1.60. The molecule has 0 fully saturated rings. The van der Waals surface area contributed by atoms with Crippen LogP contribution in [0.25, 0.3) is 0 Å². The number of benzene rings is 2. The Morgan fingerprint density at radius 1 is 0.950 bits per heavy atom. The quantitative estimate of drug-likeness (QED) is 0.584. The first-order valence-corrected chi connectivity index (χ1v) is 5.55. The minimum absolute atomic E-state index is 0.0947. The molecule has 0 aliphatic heterocycles. The van der Waals surface area contributed by atoms with E-state index in [1.807, 2.05) is 0 Å². The van der Waals surface area contributed by atoms with Gasteiger partial charge in [0.05, 0.1) is 5.56 Å². The average Bonchev–Trinajstić information content (AvgIpc) is 2.37. The maximum atomic E-state index is 11.9. The summed E-state index contributed by atoms with van der Waals surface area (Å²) < 4.78 is 4.96. The van der Waals surface area contributed by atoms with Crippen molar-refractivity contribution in [1.29, 1.82) is 0 Å². The highest BCUT2D eigenvalue weighted by atomic mass is 16.5. The molecule has 2 aromatic carbocycles. The van der Waals surface area contributed by atoms with E-state index in [-0.39, 0.29) is 28.4 Å². The Hall–Kier alpha value is -3.02. The van der Waals surface area contributed by atoms with Gasteiger partial charge < -0.3 is 20.1 Å². The number of aromatic hydroxyl groups is 2. The summed E-state index contributed by atoms with van der Waals surface area (Å²) >= 11 is 0. The number of ether oxygens (including phenoxy) is 1. The highest BCUT2D eigenvalue weighted by Crippen LogP contribution is 2.23. The molecule has 2 rings (SSSR count). The average molecular weight is 274 g/mol. The molecule has 0 saturated heterocycles. The van der Waals surface area contributed by atoms with Crippen LogP contribution in [0.5, 0.6) is 17.2 Å². The lowest BCUT2D eigenvalue weighted by molar-refractivity contribution is 0.0681. The van der Waals surface area contributed by atoms with E-state index in [2.05, 4.69) is 0 Å². The summed E-state index contributed by atoms with van der Waals surface area (Å²) in [6.07, 6.45) is 0. The van der Waals surface area contributed by atoms with E-state index >= 15 is 0 Å². The molecular formula is C14H10O6. The van der Waals surface area contributed by atoms with E-state index < -0.39 is 11.9 Å². The molecule has 0 atom stereocenters. The van der Waals surface area contributed by atoms with Crippen molar-refractivity contribution in [2.45, 2.75) is 0 Å². The third-order valence-electron chi connectivity index (χ3n) is 2.46. The molecule has 3 N–H and O–H groups in total. The number of carboxylic acid groups (broad SMARTS) is 1. The number of esters is 1. The van der Waals surface area contributed by atoms with Crippen LogP contribution in [0.2, 0.25) is 0 Å². The Bertz CT molecular complexity index is 657. The van der Waals surface area contributed by atoms with Crippen molar-refractivity contribution < 1.29 is 29.6 Å². The van der Waals surface area contributed by atoms with Gasteiger partial charge in [-0.2, -0.15) is 0 Å². The molecule has 0 amide bonds. The lowest BCUT2D eigenvalue weighted by atomic mass is 10.2. The van der Waals surface area contributed by atoms with Crippen LogP contribution in [-0.2, 0) is 0 Å². The Morgan fingerprint density at radius 3 is 2.15 bits per heavy atom. The molecule has 0 aliphatic rings. The second-order valence-corrected chi connectivity index (χ2v) is 3.93. The van der Waals surface area contributed by atoms with Gasteiger partial charge in [-0.1, -0.05) is 12.1 Å². The number of hydrogen-bond donors (Lipinski definition) is 3. The molecule has 20 heavy (non-hydrogen) atoms. The topological polar surface area (TPSA) is 104 Å². The second-order valence-electron chi connectivity index (χ2n) is 3.93. The Kier molecular flexibility index (Phi) is 3.56. The van der Waals surface area contributed by atoms with Crippen molar-refractivity contribution in [3.63, 3.8) is 0 Å². The molecule has 6 heteroatoms. The highest BCUT2D eigenvalue weighted by Gasteiger charge is 2.16. The summed E-state index contributed by atoms with van der Waals surface area (Å²) in [5.74, 6) is -2.84. The maximum Gasteiger partial charge on any atom is 0.343 e. The zero-order valence-corrected chi connectivity index (χ0v) is 10.1. The number of carboxylic acids is 1. The second kappa shape index (κ2) is 5.31. The third-order valence-corrected chi connectivity index (χ3v) is 2.46. The van der Waals surface area contributed by atoms with Gasteiger partial charge in [-0.15, -0.1) is 0 Å². The first kappa shape index (κ1) is 13.4. The van der Waals surface area contributed by atoms with Crippen molar-refractivity contribution in [2.24, 2.45) is 0 Å². The molecule has 6 nitrogen and oxygen atoms in total. The maximum absolute atomic E-state index is 11.9. The molecule has 0 radical (unpaired) electrons. The predicted octanol–water partition coefficient (Wildman–Crippen LogP) is 2.02. The van der Waals surface area contributed by atoms with Gasteiger partial charge in [0.15, 0.2) is 0 Å². The van der Waals surface area contributed by atoms with E-state index in [1.54, 1.807) is 0 Å². The van der Waals surface area contributed by atoms with Crippen LogP contribution < -0.4 is 4.74 Å². The Morgan fingerprint density at radius 2 is 1.55 bits per heavy atom. The summed E-state index contributed by atoms with van der Waals surface area (Å²) in [6.45, 7) is 0. The monoisotopic (exact) mass is 274 g/mol. The first-order chi connectivity index (χ1) is 9.47. The number of phenols is 2. The smallest absolute Gasteiger partial charge is 0.343 e. The van der Waals surface area contributed by atoms with E-state index in [0.717, 1.165) is 18.2 Å². The van der Waals surface area contributed by atoms with E-state index in [9.17, 15) is 19.8 Å². The summed E-state index contributed by atoms with van der Waals surface area (Å²) in [5.41, 5.74) is -0.257. The normalized spacial score (nSPS) is 10.0. The molecule has 102 valence electrons. The number of para-hydroxylation sites is 1. The van der Waals surface area contributed by atoms with Crippen molar-refractivity contribution in [3.05, 3.63) is 53.6 Å². The van der Waals surface area contributed by atoms with Gasteiger partial charge in [-0.05, 0) is 24.3 Å². The van der Waals surface area contributed by atoms with Gasteiger partial charge in [0, 0.05) is 6.07 Å². The Balaban J connectivity index is 2.30. The van der Waals surface area contributed by atoms with Crippen LogP contribution in [0, 0.1) is 0 Å². The molecule has 0 saturated carbocycles. The van der Waals surface area contributed by atoms with Crippen molar-refractivity contribution in [2.75, 3.05) is 0 Å². The van der Waals surface area contributed by atoms with Crippen molar-refractivity contribution in [1.82, 2.24) is 0 Å². The molecule has 0 aliphatic carbocycles. The number of carbonyl (C=O) groups is 2. The van der Waals surface area contributed by atoms with Gasteiger partial charge in [0.2, 0.25) is 0 Å². The van der Waals surface area contributed by atoms with Crippen molar-refractivity contribution >= 4 is 11.9 Å². The molecule has 0 heterocycles.